The summed E-state index contributed by atoms with van der Waals surface area (Å²) in [5.74, 6) is -1.86. The quantitative estimate of drug-likeness (QED) is 0.331. The molecule has 0 bridgehead atoms. The van der Waals surface area contributed by atoms with Crippen molar-refractivity contribution in [3.8, 4) is 0 Å². The first-order valence-corrected chi connectivity index (χ1v) is 14.1. The number of hydrogen-bond donors (Lipinski definition) is 1. The zero-order valence-corrected chi connectivity index (χ0v) is 23.6. The van der Waals surface area contributed by atoms with Gasteiger partial charge in [0.15, 0.2) is 0 Å². The summed E-state index contributed by atoms with van der Waals surface area (Å²) in [4.78, 5) is 27.6. The van der Waals surface area contributed by atoms with Crippen LogP contribution >= 0.6 is 34.8 Å². The van der Waals surface area contributed by atoms with Crippen LogP contribution in [0.2, 0.25) is 15.1 Å². The van der Waals surface area contributed by atoms with Crippen LogP contribution in [0, 0.1) is 5.82 Å². The summed E-state index contributed by atoms with van der Waals surface area (Å²) in [6.07, 6.45) is 0. The van der Waals surface area contributed by atoms with E-state index in [-0.39, 0.29) is 27.2 Å². The predicted molar refractivity (Wildman–Crippen MR) is 148 cm³/mol. The van der Waals surface area contributed by atoms with Crippen LogP contribution < -0.4 is 9.62 Å². The summed E-state index contributed by atoms with van der Waals surface area (Å²) in [7, 11) is -4.29. The Labute approximate surface area is 236 Å². The summed E-state index contributed by atoms with van der Waals surface area (Å²) in [5.41, 5.74) is 0.556. The van der Waals surface area contributed by atoms with Gasteiger partial charge < -0.3 is 10.2 Å². The topological polar surface area (TPSA) is 86.8 Å². The SMILES string of the molecule is CCNC(=O)[C@H](C)N(Cc1ccc(Cl)c(Cl)c1)C(=O)CN(c1ccc(F)c(Cl)c1)S(=O)(=O)c1ccccc1. The molecule has 0 fully saturated rings. The second-order valence-electron chi connectivity index (χ2n) is 8.26. The number of nitrogens with one attached hydrogen (secondary N) is 1. The molecule has 38 heavy (non-hydrogen) atoms. The van der Waals surface area contributed by atoms with Gasteiger partial charge >= 0.3 is 0 Å². The summed E-state index contributed by atoms with van der Waals surface area (Å²) in [5, 5.41) is 2.94. The number of anilines is 1. The van der Waals surface area contributed by atoms with Crippen molar-refractivity contribution in [3.63, 3.8) is 0 Å². The fourth-order valence-electron chi connectivity index (χ4n) is 3.63. The van der Waals surface area contributed by atoms with Gasteiger partial charge in [0.05, 0.1) is 25.7 Å². The van der Waals surface area contributed by atoms with Crippen LogP contribution in [0.1, 0.15) is 19.4 Å². The first-order valence-electron chi connectivity index (χ1n) is 11.5. The highest BCUT2D eigenvalue weighted by Crippen LogP contribution is 2.29. The third-order valence-electron chi connectivity index (χ3n) is 5.66. The maximum Gasteiger partial charge on any atom is 0.264 e. The normalized spacial score (nSPS) is 12.1. The molecule has 1 N–H and O–H groups in total. The van der Waals surface area contributed by atoms with Gasteiger partial charge in [-0.1, -0.05) is 59.1 Å². The van der Waals surface area contributed by atoms with Crippen molar-refractivity contribution in [1.82, 2.24) is 10.2 Å². The Morgan fingerprint density at radius 1 is 0.947 bits per heavy atom. The molecule has 12 heteroatoms. The summed E-state index contributed by atoms with van der Waals surface area (Å²) in [6, 6.07) is 14.6. The second kappa shape index (κ2) is 12.8. The van der Waals surface area contributed by atoms with E-state index >= 15 is 0 Å². The van der Waals surface area contributed by atoms with E-state index in [1.165, 1.54) is 42.2 Å². The summed E-state index contributed by atoms with van der Waals surface area (Å²) >= 11 is 18.1. The highest BCUT2D eigenvalue weighted by atomic mass is 35.5. The van der Waals surface area contributed by atoms with Crippen LogP contribution in [0.5, 0.6) is 0 Å². The number of carbonyl (C=O) groups is 2. The summed E-state index contributed by atoms with van der Waals surface area (Å²) < 4.78 is 42.0. The zero-order chi connectivity index (χ0) is 28.0. The van der Waals surface area contributed by atoms with Crippen LogP contribution in [0.4, 0.5) is 10.1 Å². The number of likely N-dealkylation sites (N-methyl/N-ethyl adjacent to an activating group) is 1. The Morgan fingerprint density at radius 2 is 1.63 bits per heavy atom. The number of hydrogen-bond acceptors (Lipinski definition) is 4. The van der Waals surface area contributed by atoms with E-state index in [1.807, 2.05) is 0 Å². The first-order chi connectivity index (χ1) is 17.9. The molecule has 2 amide bonds. The van der Waals surface area contributed by atoms with Gasteiger partial charge in [0.2, 0.25) is 11.8 Å². The highest BCUT2D eigenvalue weighted by Gasteiger charge is 2.32. The highest BCUT2D eigenvalue weighted by molar-refractivity contribution is 7.92. The Balaban J connectivity index is 2.05. The van der Waals surface area contributed by atoms with Crippen molar-refractivity contribution in [3.05, 3.63) is 93.2 Å². The van der Waals surface area contributed by atoms with E-state index in [0.717, 1.165) is 16.4 Å². The molecule has 7 nitrogen and oxygen atoms in total. The van der Waals surface area contributed by atoms with Gasteiger partial charge in [-0.2, -0.15) is 0 Å². The van der Waals surface area contributed by atoms with Crippen molar-refractivity contribution in [2.45, 2.75) is 31.3 Å². The maximum absolute atomic E-state index is 13.9. The Morgan fingerprint density at radius 3 is 2.24 bits per heavy atom. The molecule has 1 atom stereocenters. The smallest absolute Gasteiger partial charge is 0.264 e. The predicted octanol–water partition coefficient (Wildman–Crippen LogP) is 5.53. The number of halogens is 4. The van der Waals surface area contributed by atoms with E-state index in [2.05, 4.69) is 5.32 Å². The molecule has 3 aromatic rings. The van der Waals surface area contributed by atoms with Crippen LogP contribution in [-0.2, 0) is 26.2 Å². The molecule has 0 aliphatic carbocycles. The van der Waals surface area contributed by atoms with Crippen molar-refractivity contribution in [2.24, 2.45) is 0 Å². The van der Waals surface area contributed by atoms with E-state index < -0.39 is 40.2 Å². The van der Waals surface area contributed by atoms with Gasteiger partial charge in [-0.25, -0.2) is 12.8 Å². The molecule has 0 aliphatic heterocycles. The lowest BCUT2D eigenvalue weighted by molar-refractivity contribution is -0.139. The molecule has 0 spiro atoms. The largest absolute Gasteiger partial charge is 0.355 e. The average Bonchev–Trinajstić information content (AvgIpc) is 2.89. The molecule has 0 aliphatic rings. The molecule has 0 unspecified atom stereocenters. The number of sulfonamides is 1. The van der Waals surface area contributed by atoms with Crippen LogP contribution in [0.3, 0.4) is 0 Å². The van der Waals surface area contributed by atoms with Crippen LogP contribution in [-0.4, -0.2) is 44.3 Å². The standard InChI is InChI=1S/C26H25Cl3FN3O4S/c1-3-31-26(35)17(2)32(15-18-9-11-21(27)22(28)13-18)25(34)16-33(19-10-12-24(30)23(29)14-19)38(36,37)20-7-5-4-6-8-20/h4-14,17H,3,15-16H2,1-2H3,(H,31,35)/t17-/m0/s1. The van der Waals surface area contributed by atoms with Gasteiger partial charge in [0, 0.05) is 13.1 Å². The fraction of sp³-hybridized carbons (Fsp3) is 0.231. The minimum Gasteiger partial charge on any atom is -0.355 e. The molecule has 0 saturated carbocycles. The van der Waals surface area contributed by atoms with Gasteiger partial charge in [0.1, 0.15) is 18.4 Å². The summed E-state index contributed by atoms with van der Waals surface area (Å²) in [6.45, 7) is 2.86. The number of carbonyl (C=O) groups excluding carboxylic acids is 2. The minimum atomic E-state index is -4.29. The van der Waals surface area contributed by atoms with Gasteiger partial charge in [-0.05, 0) is 61.9 Å². The average molecular weight is 601 g/mol. The first kappa shape index (κ1) is 29.7. The fourth-order valence-corrected chi connectivity index (χ4v) is 5.55. The monoisotopic (exact) mass is 599 g/mol. The van der Waals surface area contributed by atoms with E-state index in [0.29, 0.717) is 17.1 Å². The van der Waals surface area contributed by atoms with Gasteiger partial charge in [-0.15, -0.1) is 0 Å². The lowest BCUT2D eigenvalue weighted by atomic mass is 10.1. The van der Waals surface area contributed by atoms with E-state index in [4.69, 9.17) is 34.8 Å². The van der Waals surface area contributed by atoms with Crippen LogP contribution in [0.15, 0.2) is 71.6 Å². The van der Waals surface area contributed by atoms with E-state index in [9.17, 15) is 22.4 Å². The maximum atomic E-state index is 13.9. The number of amides is 2. The van der Waals surface area contributed by atoms with Crippen molar-refractivity contribution in [2.75, 3.05) is 17.4 Å². The van der Waals surface area contributed by atoms with Crippen molar-refractivity contribution < 1.29 is 22.4 Å². The third-order valence-corrected chi connectivity index (χ3v) is 8.47. The molecule has 3 aromatic carbocycles. The molecule has 0 saturated heterocycles. The van der Waals surface area contributed by atoms with Crippen molar-refractivity contribution >= 4 is 62.3 Å². The lowest BCUT2D eigenvalue weighted by Crippen LogP contribution is -2.51. The molecule has 0 heterocycles. The molecule has 3 rings (SSSR count). The number of nitrogens with zero attached hydrogens (tertiary/aromatic N) is 2. The second-order valence-corrected chi connectivity index (χ2v) is 11.3. The number of rotatable bonds is 10. The van der Waals surface area contributed by atoms with Crippen LogP contribution in [0.25, 0.3) is 0 Å². The molecule has 202 valence electrons. The van der Waals surface area contributed by atoms with E-state index in [1.54, 1.807) is 31.2 Å². The third kappa shape index (κ3) is 6.96. The van der Waals surface area contributed by atoms with Gasteiger partial charge in [0.25, 0.3) is 10.0 Å². The lowest BCUT2D eigenvalue weighted by Gasteiger charge is -2.32. The molecular formula is C26H25Cl3FN3O4S. The Hall–Kier alpha value is -2.85. The van der Waals surface area contributed by atoms with Crippen molar-refractivity contribution in [1.29, 1.82) is 0 Å². The molecular weight excluding hydrogens is 576 g/mol. The van der Waals surface area contributed by atoms with Gasteiger partial charge in [-0.3, -0.25) is 13.9 Å². The molecule has 0 radical (unpaired) electrons. The molecule has 0 aromatic heterocycles. The Bertz CT molecular complexity index is 1420. The zero-order valence-electron chi connectivity index (χ0n) is 20.5. The minimum absolute atomic E-state index is 0.0197. The number of benzene rings is 3. The Kier molecular flexibility index (Phi) is 10.0.